The molecule has 1 aromatic heterocycles. The van der Waals surface area contributed by atoms with Gasteiger partial charge in [0.05, 0.1) is 23.9 Å². The van der Waals surface area contributed by atoms with Gasteiger partial charge in [-0.2, -0.15) is 0 Å². The predicted molar refractivity (Wildman–Crippen MR) is 94.3 cm³/mol. The van der Waals surface area contributed by atoms with E-state index in [1.165, 1.54) is 34.8 Å². The van der Waals surface area contributed by atoms with Crippen molar-refractivity contribution >= 4 is 23.7 Å². The molecule has 22 heavy (non-hydrogen) atoms. The minimum absolute atomic E-state index is 0. The lowest BCUT2D eigenvalue weighted by Gasteiger charge is -2.33. The lowest BCUT2D eigenvalue weighted by molar-refractivity contribution is 0.0526. The molecule has 1 aliphatic heterocycles. The normalized spacial score (nSPS) is 28.5. The molecule has 4 nitrogen and oxygen atoms in total. The third-order valence-corrected chi connectivity index (χ3v) is 5.93. The quantitative estimate of drug-likeness (QED) is 0.860. The van der Waals surface area contributed by atoms with E-state index in [1.54, 1.807) is 0 Å². The first kappa shape index (κ1) is 18.1. The number of halogens is 1. The molecule has 1 aliphatic carbocycles. The van der Waals surface area contributed by atoms with Crippen LogP contribution in [0.15, 0.2) is 0 Å². The standard InChI is InChI=1S/C16H27N3OS.ClH/c1-11-16(21-12(2)19-11)6-7-17-14-5-3-4-13(14)15-10-20-9-8-18-15;/h13-15,17-18H,3-10H2,1-2H3;1H. The summed E-state index contributed by atoms with van der Waals surface area (Å²) in [6.45, 7) is 8.04. The average molecular weight is 346 g/mol. The van der Waals surface area contributed by atoms with Gasteiger partial charge in [-0.25, -0.2) is 4.98 Å². The number of thiazole rings is 1. The molecule has 3 rings (SSSR count). The SMILES string of the molecule is Cc1nc(C)c(CCNC2CCCC2C2COCCN2)s1.Cl. The molecule has 3 atom stereocenters. The molecule has 3 unspecified atom stereocenters. The Kier molecular flexibility index (Phi) is 7.09. The Morgan fingerprint density at radius 3 is 2.91 bits per heavy atom. The highest BCUT2D eigenvalue weighted by Crippen LogP contribution is 2.29. The summed E-state index contributed by atoms with van der Waals surface area (Å²) in [5.74, 6) is 0.731. The van der Waals surface area contributed by atoms with Crippen LogP contribution in [0.25, 0.3) is 0 Å². The fourth-order valence-corrected chi connectivity index (χ4v) is 4.70. The van der Waals surface area contributed by atoms with E-state index in [-0.39, 0.29) is 12.4 Å². The van der Waals surface area contributed by atoms with E-state index >= 15 is 0 Å². The molecule has 2 heterocycles. The van der Waals surface area contributed by atoms with Gasteiger partial charge in [0, 0.05) is 30.1 Å². The molecule has 1 saturated carbocycles. The summed E-state index contributed by atoms with van der Waals surface area (Å²) >= 11 is 1.84. The van der Waals surface area contributed by atoms with Crippen molar-refractivity contribution in [2.24, 2.45) is 5.92 Å². The number of aryl methyl sites for hydroxylation is 2. The number of ether oxygens (including phenoxy) is 1. The van der Waals surface area contributed by atoms with Gasteiger partial charge in [0.15, 0.2) is 0 Å². The van der Waals surface area contributed by atoms with Crippen LogP contribution in [0.1, 0.15) is 34.8 Å². The minimum atomic E-state index is 0. The van der Waals surface area contributed by atoms with Crippen LogP contribution in [0, 0.1) is 19.8 Å². The second kappa shape index (κ2) is 8.60. The van der Waals surface area contributed by atoms with E-state index < -0.39 is 0 Å². The Hall–Kier alpha value is -0.200. The smallest absolute Gasteiger partial charge is 0.0900 e. The van der Waals surface area contributed by atoms with Crippen molar-refractivity contribution in [3.63, 3.8) is 0 Å². The molecule has 6 heteroatoms. The van der Waals surface area contributed by atoms with Crippen LogP contribution in [0.3, 0.4) is 0 Å². The number of hydrogen-bond acceptors (Lipinski definition) is 5. The number of nitrogens with zero attached hydrogens (tertiary/aromatic N) is 1. The highest BCUT2D eigenvalue weighted by molar-refractivity contribution is 7.11. The Balaban J connectivity index is 0.00000176. The van der Waals surface area contributed by atoms with Gasteiger partial charge in [0.25, 0.3) is 0 Å². The van der Waals surface area contributed by atoms with Crippen LogP contribution in [0.2, 0.25) is 0 Å². The van der Waals surface area contributed by atoms with Gasteiger partial charge in [-0.15, -0.1) is 23.7 Å². The summed E-state index contributed by atoms with van der Waals surface area (Å²) in [7, 11) is 0. The molecule has 1 saturated heterocycles. The van der Waals surface area contributed by atoms with Crippen LogP contribution in [0.4, 0.5) is 0 Å². The summed E-state index contributed by atoms with van der Waals surface area (Å²) in [4.78, 5) is 5.95. The van der Waals surface area contributed by atoms with Crippen LogP contribution >= 0.6 is 23.7 Å². The maximum absolute atomic E-state index is 5.64. The summed E-state index contributed by atoms with van der Waals surface area (Å²) in [5, 5.41) is 8.62. The molecule has 0 amide bonds. The zero-order chi connectivity index (χ0) is 14.7. The van der Waals surface area contributed by atoms with Gasteiger partial charge >= 0.3 is 0 Å². The first-order valence-corrected chi connectivity index (χ1v) is 9.03. The number of rotatable bonds is 5. The van der Waals surface area contributed by atoms with Crippen molar-refractivity contribution in [3.8, 4) is 0 Å². The molecule has 0 bridgehead atoms. The second-order valence-corrected chi connectivity index (χ2v) is 7.57. The minimum Gasteiger partial charge on any atom is -0.379 e. The van der Waals surface area contributed by atoms with Gasteiger partial charge in [-0.1, -0.05) is 6.42 Å². The van der Waals surface area contributed by atoms with Crippen LogP contribution < -0.4 is 10.6 Å². The maximum atomic E-state index is 5.64. The maximum Gasteiger partial charge on any atom is 0.0900 e. The zero-order valence-electron chi connectivity index (χ0n) is 13.6. The Morgan fingerprint density at radius 2 is 2.23 bits per heavy atom. The summed E-state index contributed by atoms with van der Waals surface area (Å²) in [6.07, 6.45) is 5.09. The molecule has 2 N–H and O–H groups in total. The Morgan fingerprint density at radius 1 is 1.36 bits per heavy atom. The van der Waals surface area contributed by atoms with E-state index in [2.05, 4.69) is 29.5 Å². The Bertz CT molecular complexity index is 462. The number of hydrogen-bond donors (Lipinski definition) is 2. The zero-order valence-corrected chi connectivity index (χ0v) is 15.2. The fraction of sp³-hybridized carbons (Fsp3) is 0.812. The molecular weight excluding hydrogens is 318 g/mol. The molecular formula is C16H28ClN3OS. The molecule has 2 aliphatic rings. The number of morpholine rings is 1. The van der Waals surface area contributed by atoms with Crippen molar-refractivity contribution in [2.75, 3.05) is 26.3 Å². The summed E-state index contributed by atoms with van der Waals surface area (Å²) in [5.41, 5.74) is 1.21. The fourth-order valence-electron chi connectivity index (χ4n) is 3.76. The molecule has 0 aromatic carbocycles. The van der Waals surface area contributed by atoms with Gasteiger partial charge in [-0.05, 0) is 39.0 Å². The van der Waals surface area contributed by atoms with Gasteiger partial charge in [0.2, 0.25) is 0 Å². The van der Waals surface area contributed by atoms with Gasteiger partial charge < -0.3 is 15.4 Å². The van der Waals surface area contributed by atoms with Crippen LogP contribution in [0.5, 0.6) is 0 Å². The highest BCUT2D eigenvalue weighted by Gasteiger charge is 2.34. The number of nitrogens with one attached hydrogen (secondary N) is 2. The van der Waals surface area contributed by atoms with E-state index in [9.17, 15) is 0 Å². The van der Waals surface area contributed by atoms with E-state index in [0.29, 0.717) is 12.1 Å². The van der Waals surface area contributed by atoms with Crippen LogP contribution in [-0.4, -0.2) is 43.4 Å². The first-order chi connectivity index (χ1) is 10.2. The van der Waals surface area contributed by atoms with E-state index in [0.717, 1.165) is 38.6 Å². The van der Waals surface area contributed by atoms with Crippen molar-refractivity contribution in [3.05, 3.63) is 15.6 Å². The highest BCUT2D eigenvalue weighted by atomic mass is 35.5. The lowest BCUT2D eigenvalue weighted by Crippen LogP contribution is -2.51. The average Bonchev–Trinajstić information content (AvgIpc) is 3.07. The topological polar surface area (TPSA) is 46.2 Å². The summed E-state index contributed by atoms with van der Waals surface area (Å²) < 4.78 is 5.64. The third-order valence-electron chi connectivity index (χ3n) is 4.79. The summed E-state index contributed by atoms with van der Waals surface area (Å²) in [6, 6.07) is 1.20. The molecule has 0 spiro atoms. The third kappa shape index (κ3) is 4.42. The van der Waals surface area contributed by atoms with E-state index in [4.69, 9.17) is 4.74 Å². The van der Waals surface area contributed by atoms with Crippen molar-refractivity contribution in [2.45, 2.75) is 51.6 Å². The van der Waals surface area contributed by atoms with Gasteiger partial charge in [0.1, 0.15) is 0 Å². The lowest BCUT2D eigenvalue weighted by atomic mass is 9.94. The van der Waals surface area contributed by atoms with Crippen molar-refractivity contribution < 1.29 is 4.74 Å². The molecule has 2 fully saturated rings. The van der Waals surface area contributed by atoms with Crippen molar-refractivity contribution in [1.82, 2.24) is 15.6 Å². The predicted octanol–water partition coefficient (Wildman–Crippen LogP) is 2.47. The van der Waals surface area contributed by atoms with Crippen molar-refractivity contribution in [1.29, 1.82) is 0 Å². The van der Waals surface area contributed by atoms with Gasteiger partial charge in [-0.3, -0.25) is 0 Å². The Labute approximate surface area is 143 Å². The monoisotopic (exact) mass is 345 g/mol. The molecule has 0 radical (unpaired) electrons. The number of aromatic nitrogens is 1. The van der Waals surface area contributed by atoms with E-state index in [1.807, 2.05) is 11.3 Å². The van der Waals surface area contributed by atoms with Crippen LogP contribution in [-0.2, 0) is 11.2 Å². The molecule has 126 valence electrons. The second-order valence-electron chi connectivity index (χ2n) is 6.28. The largest absolute Gasteiger partial charge is 0.379 e. The molecule has 1 aromatic rings. The first-order valence-electron chi connectivity index (χ1n) is 8.21.